The maximum atomic E-state index is 5.55. The van der Waals surface area contributed by atoms with Gasteiger partial charge in [0, 0.05) is 25.1 Å². The van der Waals surface area contributed by atoms with Crippen LogP contribution in [0.5, 0.6) is 0 Å². The first-order chi connectivity index (χ1) is 9.69. The topological polar surface area (TPSA) is 24.5 Å². The third-order valence-corrected chi connectivity index (χ3v) is 5.72. The van der Waals surface area contributed by atoms with Gasteiger partial charge in [-0.05, 0) is 64.6 Å². The number of ether oxygens (including phenoxy) is 1. The minimum absolute atomic E-state index is 0.385. The van der Waals surface area contributed by atoms with Crippen LogP contribution >= 0.6 is 0 Å². The molecule has 2 rings (SSSR count). The summed E-state index contributed by atoms with van der Waals surface area (Å²) in [6.07, 6.45) is 9.56. The van der Waals surface area contributed by atoms with Gasteiger partial charge in [-0.3, -0.25) is 0 Å². The van der Waals surface area contributed by atoms with Crippen LogP contribution < -0.4 is 5.32 Å². The highest BCUT2D eigenvalue weighted by Gasteiger charge is 2.35. The molecule has 0 amide bonds. The summed E-state index contributed by atoms with van der Waals surface area (Å²) in [5.74, 6) is 0.992. The highest BCUT2D eigenvalue weighted by Crippen LogP contribution is 2.34. The summed E-state index contributed by atoms with van der Waals surface area (Å²) < 4.78 is 5.55. The maximum absolute atomic E-state index is 5.55. The molecule has 1 heterocycles. The summed E-state index contributed by atoms with van der Waals surface area (Å²) in [7, 11) is 4.20. The normalized spacial score (nSPS) is 30.6. The van der Waals surface area contributed by atoms with Crippen LogP contribution in [-0.4, -0.2) is 51.3 Å². The average molecular weight is 282 g/mol. The van der Waals surface area contributed by atoms with Gasteiger partial charge in [-0.25, -0.2) is 0 Å². The van der Waals surface area contributed by atoms with Gasteiger partial charge in [0.05, 0.1) is 6.61 Å². The molecule has 0 atom stereocenters. The first-order valence-corrected chi connectivity index (χ1v) is 8.59. The lowest BCUT2D eigenvalue weighted by atomic mass is 9.78. The molecule has 20 heavy (non-hydrogen) atoms. The molecule has 0 aromatic carbocycles. The van der Waals surface area contributed by atoms with E-state index < -0.39 is 0 Å². The number of hydrogen-bond acceptors (Lipinski definition) is 3. The van der Waals surface area contributed by atoms with E-state index in [1.54, 1.807) is 0 Å². The number of nitrogens with zero attached hydrogens (tertiary/aromatic N) is 1. The SMILES string of the molecule is CCC1CCC(N(C)CC2(COC)CCNCC2)CC1. The predicted octanol–water partition coefficient (Wildman–Crippen LogP) is 2.90. The summed E-state index contributed by atoms with van der Waals surface area (Å²) in [6.45, 7) is 6.78. The zero-order valence-electron chi connectivity index (χ0n) is 13.8. The van der Waals surface area contributed by atoms with E-state index in [0.717, 1.165) is 31.7 Å². The fourth-order valence-electron chi connectivity index (χ4n) is 4.26. The first-order valence-electron chi connectivity index (χ1n) is 8.59. The molecule has 1 saturated heterocycles. The van der Waals surface area contributed by atoms with Crippen LogP contribution in [-0.2, 0) is 4.74 Å². The molecule has 2 fully saturated rings. The Morgan fingerprint density at radius 1 is 1.15 bits per heavy atom. The van der Waals surface area contributed by atoms with Crippen LogP contribution in [0.2, 0.25) is 0 Å². The Kier molecular flexibility index (Phi) is 6.31. The van der Waals surface area contributed by atoms with Gasteiger partial charge >= 0.3 is 0 Å². The van der Waals surface area contributed by atoms with Gasteiger partial charge in [-0.15, -0.1) is 0 Å². The van der Waals surface area contributed by atoms with Gasteiger partial charge in [0.2, 0.25) is 0 Å². The van der Waals surface area contributed by atoms with Crippen LogP contribution in [0.15, 0.2) is 0 Å². The van der Waals surface area contributed by atoms with Gasteiger partial charge in [0.25, 0.3) is 0 Å². The van der Waals surface area contributed by atoms with Gasteiger partial charge in [-0.2, -0.15) is 0 Å². The van der Waals surface area contributed by atoms with Crippen molar-refractivity contribution in [3.05, 3.63) is 0 Å². The van der Waals surface area contributed by atoms with Crippen molar-refractivity contribution in [3.63, 3.8) is 0 Å². The molecule has 0 spiro atoms. The molecular weight excluding hydrogens is 248 g/mol. The van der Waals surface area contributed by atoms with Crippen molar-refractivity contribution in [2.75, 3.05) is 40.4 Å². The number of piperidine rings is 1. The Balaban J connectivity index is 1.86. The Labute approximate surface area is 125 Å². The number of hydrogen-bond donors (Lipinski definition) is 1. The minimum Gasteiger partial charge on any atom is -0.384 e. The van der Waals surface area contributed by atoms with Crippen molar-refractivity contribution in [3.8, 4) is 0 Å². The van der Waals surface area contributed by atoms with E-state index in [9.17, 15) is 0 Å². The fraction of sp³-hybridized carbons (Fsp3) is 1.00. The Hall–Kier alpha value is -0.120. The second-order valence-corrected chi connectivity index (χ2v) is 7.18. The summed E-state index contributed by atoms with van der Waals surface area (Å²) in [6, 6.07) is 0.807. The highest BCUT2D eigenvalue weighted by atomic mass is 16.5. The lowest BCUT2D eigenvalue weighted by molar-refractivity contribution is 0.0120. The monoisotopic (exact) mass is 282 g/mol. The third-order valence-electron chi connectivity index (χ3n) is 5.72. The van der Waals surface area contributed by atoms with Gasteiger partial charge < -0.3 is 15.0 Å². The second-order valence-electron chi connectivity index (χ2n) is 7.18. The van der Waals surface area contributed by atoms with Crippen molar-refractivity contribution in [2.24, 2.45) is 11.3 Å². The van der Waals surface area contributed by atoms with Crippen molar-refractivity contribution in [1.82, 2.24) is 10.2 Å². The summed E-state index contributed by atoms with van der Waals surface area (Å²) in [4.78, 5) is 2.65. The van der Waals surface area contributed by atoms with Crippen LogP contribution in [0, 0.1) is 11.3 Å². The zero-order chi connectivity index (χ0) is 14.4. The minimum atomic E-state index is 0.385. The largest absolute Gasteiger partial charge is 0.384 e. The molecule has 2 aliphatic rings. The lowest BCUT2D eigenvalue weighted by Gasteiger charge is -2.43. The number of methoxy groups -OCH3 is 1. The van der Waals surface area contributed by atoms with Crippen molar-refractivity contribution < 1.29 is 4.74 Å². The number of rotatable bonds is 6. The van der Waals surface area contributed by atoms with E-state index in [2.05, 4.69) is 24.2 Å². The van der Waals surface area contributed by atoms with E-state index in [-0.39, 0.29) is 0 Å². The molecule has 3 heteroatoms. The standard InChI is InChI=1S/C17H34N2O/c1-4-15-5-7-16(8-6-15)19(2)13-17(14-20-3)9-11-18-12-10-17/h15-16,18H,4-14H2,1-3H3. The molecule has 118 valence electrons. The molecule has 0 aromatic rings. The second kappa shape index (κ2) is 7.77. The quantitative estimate of drug-likeness (QED) is 0.811. The maximum Gasteiger partial charge on any atom is 0.0531 e. The highest BCUT2D eigenvalue weighted by molar-refractivity contribution is 4.89. The Bertz CT molecular complexity index is 263. The van der Waals surface area contributed by atoms with Crippen LogP contribution in [0.1, 0.15) is 51.9 Å². The van der Waals surface area contributed by atoms with Crippen molar-refractivity contribution in [2.45, 2.75) is 57.9 Å². The van der Waals surface area contributed by atoms with E-state index in [1.807, 2.05) is 7.11 Å². The summed E-state index contributed by atoms with van der Waals surface area (Å²) in [5, 5.41) is 3.49. The van der Waals surface area contributed by atoms with Crippen LogP contribution in [0.25, 0.3) is 0 Å². The third kappa shape index (κ3) is 4.19. The van der Waals surface area contributed by atoms with Crippen molar-refractivity contribution >= 4 is 0 Å². The van der Waals surface area contributed by atoms with Crippen LogP contribution in [0.4, 0.5) is 0 Å². The fourth-order valence-corrected chi connectivity index (χ4v) is 4.26. The molecule has 0 bridgehead atoms. The first kappa shape index (κ1) is 16.3. The molecule has 1 aliphatic heterocycles. The molecule has 1 N–H and O–H groups in total. The molecule has 3 nitrogen and oxygen atoms in total. The zero-order valence-corrected chi connectivity index (χ0v) is 13.8. The lowest BCUT2D eigenvalue weighted by Crippen LogP contribution is -2.49. The molecule has 0 aromatic heterocycles. The molecule has 1 saturated carbocycles. The van der Waals surface area contributed by atoms with E-state index in [4.69, 9.17) is 4.74 Å². The molecule has 1 aliphatic carbocycles. The average Bonchev–Trinajstić information content (AvgIpc) is 2.48. The summed E-state index contributed by atoms with van der Waals surface area (Å²) in [5.41, 5.74) is 0.385. The van der Waals surface area contributed by atoms with Gasteiger partial charge in [0.1, 0.15) is 0 Å². The Morgan fingerprint density at radius 3 is 2.35 bits per heavy atom. The van der Waals surface area contributed by atoms with Crippen LogP contribution in [0.3, 0.4) is 0 Å². The van der Waals surface area contributed by atoms with Gasteiger partial charge in [-0.1, -0.05) is 13.3 Å². The van der Waals surface area contributed by atoms with E-state index in [0.29, 0.717) is 5.41 Å². The molecular formula is C17H34N2O. The predicted molar refractivity (Wildman–Crippen MR) is 85.1 cm³/mol. The smallest absolute Gasteiger partial charge is 0.0531 e. The molecule has 0 unspecified atom stereocenters. The summed E-state index contributed by atoms with van der Waals surface area (Å²) >= 11 is 0. The van der Waals surface area contributed by atoms with E-state index >= 15 is 0 Å². The van der Waals surface area contributed by atoms with E-state index in [1.165, 1.54) is 51.5 Å². The van der Waals surface area contributed by atoms with Gasteiger partial charge in [0.15, 0.2) is 0 Å². The molecule has 0 radical (unpaired) electrons. The van der Waals surface area contributed by atoms with Crippen molar-refractivity contribution in [1.29, 1.82) is 0 Å². The Morgan fingerprint density at radius 2 is 1.80 bits per heavy atom. The number of nitrogens with one attached hydrogen (secondary N) is 1.